The number of benzene rings is 1. The number of nitro groups is 1. The molecule has 1 rings (SSSR count). The van der Waals surface area contributed by atoms with E-state index in [1.807, 2.05) is 6.92 Å². The Morgan fingerprint density at radius 3 is 2.70 bits per heavy atom. The van der Waals surface area contributed by atoms with Crippen LogP contribution in [0.1, 0.15) is 30.1 Å². The molecule has 0 saturated heterocycles. The fraction of sp³-hybridized carbons (Fsp3) is 0.417. The van der Waals surface area contributed by atoms with Gasteiger partial charge in [-0.3, -0.25) is 14.9 Å². The van der Waals surface area contributed by atoms with Gasteiger partial charge < -0.3 is 5.32 Å². The van der Waals surface area contributed by atoms with Crippen LogP contribution in [0.5, 0.6) is 0 Å². The van der Waals surface area contributed by atoms with E-state index < -0.39 is 33.7 Å². The predicted octanol–water partition coefficient (Wildman–Crippen LogP) is 3.01. The third kappa shape index (κ3) is 4.12. The van der Waals surface area contributed by atoms with E-state index in [4.69, 9.17) is 11.6 Å². The highest BCUT2D eigenvalue weighted by atomic mass is 35.5. The molecular weight excluding hydrogens is 294 g/mol. The van der Waals surface area contributed by atoms with Crippen molar-refractivity contribution in [2.45, 2.75) is 25.1 Å². The van der Waals surface area contributed by atoms with Gasteiger partial charge in [-0.15, -0.1) is 11.6 Å². The van der Waals surface area contributed by atoms with Gasteiger partial charge in [0.05, 0.1) is 16.6 Å². The molecule has 0 saturated carbocycles. The number of rotatable bonds is 6. The van der Waals surface area contributed by atoms with Crippen molar-refractivity contribution in [3.05, 3.63) is 39.4 Å². The molecule has 1 aromatic carbocycles. The fourth-order valence-corrected chi connectivity index (χ4v) is 1.62. The number of alkyl halides is 1. The average Bonchev–Trinajstić information content (AvgIpc) is 2.40. The van der Waals surface area contributed by atoms with Crippen LogP contribution in [-0.4, -0.2) is 22.8 Å². The first-order valence-corrected chi connectivity index (χ1v) is 6.36. The van der Waals surface area contributed by atoms with Gasteiger partial charge in [-0.25, -0.2) is 4.39 Å². The van der Waals surface area contributed by atoms with Crippen LogP contribution in [0.4, 0.5) is 14.5 Å². The summed E-state index contributed by atoms with van der Waals surface area (Å²) < 4.78 is 26.9. The summed E-state index contributed by atoms with van der Waals surface area (Å²) in [7, 11) is 0. The first-order chi connectivity index (χ1) is 9.36. The summed E-state index contributed by atoms with van der Waals surface area (Å²) in [4.78, 5) is 21.1. The Morgan fingerprint density at radius 2 is 2.15 bits per heavy atom. The Labute approximate surface area is 119 Å². The van der Waals surface area contributed by atoms with Gasteiger partial charge in [0, 0.05) is 11.9 Å². The van der Waals surface area contributed by atoms with Crippen molar-refractivity contribution >= 4 is 23.2 Å². The molecule has 0 fully saturated rings. The minimum absolute atomic E-state index is 0.137. The Hall–Kier alpha value is -1.76. The van der Waals surface area contributed by atoms with Crippen molar-refractivity contribution in [3.63, 3.8) is 0 Å². The zero-order valence-electron chi connectivity index (χ0n) is 10.7. The Bertz CT molecular complexity index is 526. The number of nitro benzene ring substituents is 1. The summed E-state index contributed by atoms with van der Waals surface area (Å²) in [5.74, 6) is -3.32. The number of nitrogens with one attached hydrogen (secondary N) is 1. The molecule has 1 unspecified atom stereocenters. The van der Waals surface area contributed by atoms with E-state index in [-0.39, 0.29) is 11.9 Å². The van der Waals surface area contributed by atoms with Gasteiger partial charge in [-0.2, -0.15) is 4.39 Å². The quantitative estimate of drug-likeness (QED) is 0.499. The van der Waals surface area contributed by atoms with Crippen molar-refractivity contribution in [3.8, 4) is 0 Å². The first kappa shape index (κ1) is 16.3. The molecule has 0 spiro atoms. The molecule has 0 radical (unpaired) electrons. The van der Waals surface area contributed by atoms with Crippen LogP contribution in [0.2, 0.25) is 0 Å². The zero-order valence-corrected chi connectivity index (χ0v) is 11.4. The van der Waals surface area contributed by atoms with Crippen molar-refractivity contribution in [2.75, 3.05) is 6.54 Å². The lowest BCUT2D eigenvalue weighted by molar-refractivity contribution is -0.387. The molecule has 0 aliphatic heterocycles. The topological polar surface area (TPSA) is 72.2 Å². The third-order valence-electron chi connectivity index (χ3n) is 2.65. The van der Waals surface area contributed by atoms with E-state index >= 15 is 0 Å². The van der Waals surface area contributed by atoms with Crippen LogP contribution >= 0.6 is 11.6 Å². The van der Waals surface area contributed by atoms with Crippen molar-refractivity contribution < 1.29 is 18.5 Å². The highest BCUT2D eigenvalue weighted by molar-refractivity contribution is 6.20. The van der Waals surface area contributed by atoms with Gasteiger partial charge in [-0.05, 0) is 18.9 Å². The molecule has 20 heavy (non-hydrogen) atoms. The van der Waals surface area contributed by atoms with E-state index in [0.29, 0.717) is 25.0 Å². The second-order valence-electron chi connectivity index (χ2n) is 4.09. The number of nitrogens with zero attached hydrogens (tertiary/aromatic N) is 1. The Balaban J connectivity index is 2.85. The minimum Gasteiger partial charge on any atom is -0.352 e. The lowest BCUT2D eigenvalue weighted by Crippen LogP contribution is -2.27. The van der Waals surface area contributed by atoms with E-state index in [9.17, 15) is 23.7 Å². The highest BCUT2D eigenvalue weighted by Crippen LogP contribution is 2.22. The maximum absolute atomic E-state index is 13.7. The van der Waals surface area contributed by atoms with Crippen LogP contribution in [0.15, 0.2) is 12.1 Å². The molecule has 110 valence electrons. The third-order valence-corrected chi connectivity index (χ3v) is 3.17. The van der Waals surface area contributed by atoms with Crippen molar-refractivity contribution in [2.24, 2.45) is 0 Å². The maximum Gasteiger partial charge on any atom is 0.308 e. The van der Waals surface area contributed by atoms with Crippen LogP contribution in [0.25, 0.3) is 0 Å². The summed E-state index contributed by atoms with van der Waals surface area (Å²) in [6, 6.07) is 1.05. The monoisotopic (exact) mass is 306 g/mol. The molecule has 0 aliphatic carbocycles. The van der Waals surface area contributed by atoms with E-state index in [2.05, 4.69) is 5.32 Å². The van der Waals surface area contributed by atoms with Gasteiger partial charge in [0.2, 0.25) is 5.82 Å². The zero-order chi connectivity index (χ0) is 15.3. The van der Waals surface area contributed by atoms with Crippen LogP contribution in [0, 0.1) is 21.7 Å². The second-order valence-corrected chi connectivity index (χ2v) is 4.71. The smallest absolute Gasteiger partial charge is 0.308 e. The first-order valence-electron chi connectivity index (χ1n) is 5.92. The number of carbonyl (C=O) groups is 1. The average molecular weight is 307 g/mol. The number of amides is 1. The van der Waals surface area contributed by atoms with E-state index in [1.165, 1.54) is 0 Å². The van der Waals surface area contributed by atoms with Gasteiger partial charge in [-0.1, -0.05) is 6.92 Å². The van der Waals surface area contributed by atoms with Crippen LogP contribution < -0.4 is 5.32 Å². The molecule has 0 aliphatic rings. The van der Waals surface area contributed by atoms with Crippen LogP contribution in [-0.2, 0) is 0 Å². The van der Waals surface area contributed by atoms with Crippen LogP contribution in [0.3, 0.4) is 0 Å². The lowest BCUT2D eigenvalue weighted by atomic mass is 10.1. The fourth-order valence-electron chi connectivity index (χ4n) is 1.51. The van der Waals surface area contributed by atoms with Crippen molar-refractivity contribution in [1.29, 1.82) is 0 Å². The number of hydrogen-bond donors (Lipinski definition) is 1. The van der Waals surface area contributed by atoms with Crippen molar-refractivity contribution in [1.82, 2.24) is 5.32 Å². The van der Waals surface area contributed by atoms with Gasteiger partial charge in [0.1, 0.15) is 5.82 Å². The summed E-state index contributed by atoms with van der Waals surface area (Å²) in [5.41, 5.74) is -1.77. The number of carbonyl (C=O) groups excluding carboxylic acids is 1. The van der Waals surface area contributed by atoms with E-state index in [1.54, 1.807) is 0 Å². The lowest BCUT2D eigenvalue weighted by Gasteiger charge is -2.08. The molecule has 1 N–H and O–H groups in total. The summed E-state index contributed by atoms with van der Waals surface area (Å²) in [6.45, 7) is 2.04. The van der Waals surface area contributed by atoms with Gasteiger partial charge >= 0.3 is 5.69 Å². The Morgan fingerprint density at radius 1 is 1.50 bits per heavy atom. The molecule has 5 nitrogen and oxygen atoms in total. The molecule has 0 bridgehead atoms. The summed E-state index contributed by atoms with van der Waals surface area (Å²) in [5, 5.41) is 12.7. The predicted molar refractivity (Wildman–Crippen MR) is 69.9 cm³/mol. The van der Waals surface area contributed by atoms with Gasteiger partial charge in [0.25, 0.3) is 5.91 Å². The number of hydrogen-bond acceptors (Lipinski definition) is 3. The molecule has 0 aromatic heterocycles. The molecule has 0 heterocycles. The highest BCUT2D eigenvalue weighted by Gasteiger charge is 2.24. The minimum atomic E-state index is -1.35. The summed E-state index contributed by atoms with van der Waals surface area (Å²) in [6.07, 6.45) is 1.17. The van der Waals surface area contributed by atoms with Gasteiger partial charge in [0.15, 0.2) is 0 Å². The maximum atomic E-state index is 13.7. The molecule has 1 aromatic rings. The molecule has 1 amide bonds. The summed E-state index contributed by atoms with van der Waals surface area (Å²) >= 11 is 5.84. The molecule has 1 atom stereocenters. The van der Waals surface area contributed by atoms with E-state index in [0.717, 1.165) is 0 Å². The molecular formula is C12H13ClF2N2O3. The number of halogens is 3. The standard InChI is InChI=1S/C12H13ClF2N2O3/c1-2-7(13)3-4-16-12(18)9-5-8(14)6-10(11(9)15)17(19)20/h5-7H,2-4H2,1H3,(H,16,18). The second kappa shape index (κ2) is 7.14. The largest absolute Gasteiger partial charge is 0.352 e. The normalized spacial score (nSPS) is 12.0. The Kier molecular flexibility index (Phi) is 5.82. The SMILES string of the molecule is CCC(Cl)CCNC(=O)c1cc(F)cc([N+](=O)[O-])c1F. The molecule has 8 heteroatoms.